The Morgan fingerprint density at radius 2 is 1.02 bits per heavy atom. The molecule has 1 heterocycles. The van der Waals surface area contributed by atoms with E-state index in [4.69, 9.17) is 16.8 Å². The van der Waals surface area contributed by atoms with E-state index in [1.165, 1.54) is 0 Å². The summed E-state index contributed by atoms with van der Waals surface area (Å²) in [4.78, 5) is 0. The van der Waals surface area contributed by atoms with Crippen molar-refractivity contribution in [3.63, 3.8) is 0 Å². The van der Waals surface area contributed by atoms with Crippen LogP contribution in [0.5, 0.6) is 0 Å². The fourth-order valence-electron chi connectivity index (χ4n) is 6.75. The minimum Gasteiger partial charge on any atom is -0.455 e. The lowest BCUT2D eigenvalue weighted by atomic mass is 9.85. The number of hydrogen-bond donors (Lipinski definition) is 0. The van der Waals surface area contributed by atoms with Gasteiger partial charge in [-0.15, -0.1) is 0 Å². The molecule has 0 aliphatic rings. The van der Waals surface area contributed by atoms with Crippen molar-refractivity contribution in [1.82, 2.24) is 0 Å². The van der Waals surface area contributed by atoms with Crippen LogP contribution in [-0.2, 0) is 0 Å². The summed E-state index contributed by atoms with van der Waals surface area (Å²) in [5.41, 5.74) is 0.223. The van der Waals surface area contributed by atoms with E-state index in [0.717, 1.165) is 27.3 Å². The van der Waals surface area contributed by atoms with Crippen molar-refractivity contribution >= 4 is 54.3 Å². The van der Waals surface area contributed by atoms with E-state index in [0.29, 0.717) is 11.0 Å². The highest BCUT2D eigenvalue weighted by molar-refractivity contribution is 6.22. The van der Waals surface area contributed by atoms with Gasteiger partial charge in [-0.3, -0.25) is 0 Å². The Hall–Kier alpha value is -6.44. The summed E-state index contributed by atoms with van der Waals surface area (Å²) in [7, 11) is 0. The van der Waals surface area contributed by atoms with Gasteiger partial charge in [0.15, 0.2) is 0 Å². The number of benzene rings is 9. The first-order valence-corrected chi connectivity index (χ1v) is 15.5. The van der Waals surface area contributed by atoms with Crippen molar-refractivity contribution in [3.8, 4) is 44.5 Å². The summed E-state index contributed by atoms with van der Waals surface area (Å²) >= 11 is 0. The zero-order valence-electron chi connectivity index (χ0n) is 42.4. The molecule has 0 aliphatic carbocycles. The molecule has 10 aromatic rings. The first-order valence-electron chi connectivity index (χ1n) is 24.0. The average molecular weight is 640 g/mol. The van der Waals surface area contributed by atoms with Gasteiger partial charge in [0.2, 0.25) is 0 Å². The average Bonchev–Trinajstić information content (AvgIpc) is 3.71. The fraction of sp³-hybridized carbons (Fsp3) is 0. The maximum atomic E-state index is 9.94. The van der Waals surface area contributed by atoms with Crippen molar-refractivity contribution in [2.75, 3.05) is 0 Å². The second-order valence-electron chi connectivity index (χ2n) is 11.5. The topological polar surface area (TPSA) is 13.1 Å². The molecule has 0 saturated heterocycles. The van der Waals surface area contributed by atoms with Crippen LogP contribution in [0.15, 0.2) is 186 Å². The van der Waals surface area contributed by atoms with E-state index in [1.54, 1.807) is 18.2 Å². The zero-order valence-corrected chi connectivity index (χ0v) is 25.4. The van der Waals surface area contributed by atoms with E-state index >= 15 is 0 Å². The van der Waals surface area contributed by atoms with E-state index in [1.807, 2.05) is 54.6 Å². The number of furan rings is 1. The van der Waals surface area contributed by atoms with Crippen LogP contribution in [0.25, 0.3) is 98.8 Å². The highest BCUT2D eigenvalue weighted by Gasteiger charge is 2.19. The number of para-hydroxylation sites is 1. The molecule has 49 heavy (non-hydrogen) atoms. The molecule has 1 heteroatoms. The predicted molar refractivity (Wildman–Crippen MR) is 208 cm³/mol. The van der Waals surface area contributed by atoms with Gasteiger partial charge in [0, 0.05) is 16.3 Å². The van der Waals surface area contributed by atoms with Crippen LogP contribution in [-0.4, -0.2) is 0 Å². The van der Waals surface area contributed by atoms with Gasteiger partial charge >= 0.3 is 0 Å². The maximum Gasteiger partial charge on any atom is 0.143 e. The number of fused-ring (bicyclic) bond motifs is 6. The van der Waals surface area contributed by atoms with Crippen LogP contribution in [0.3, 0.4) is 0 Å². The summed E-state index contributed by atoms with van der Waals surface area (Å²) in [6, 6.07) is 11.4. The first kappa shape index (κ1) is 15.6. The zero-order chi connectivity index (χ0) is 47.1. The lowest BCUT2D eigenvalue weighted by molar-refractivity contribution is 0.670. The monoisotopic (exact) mass is 639 g/mol. The van der Waals surface area contributed by atoms with Crippen LogP contribution < -0.4 is 0 Å². The summed E-state index contributed by atoms with van der Waals surface area (Å²) in [6.45, 7) is 0. The van der Waals surface area contributed by atoms with Crippen molar-refractivity contribution in [3.05, 3.63) is 182 Å². The predicted octanol–water partition coefficient (Wildman–Crippen LogP) is 13.7. The molecular formula is C48H30O. The van der Waals surface area contributed by atoms with E-state index in [9.17, 15) is 11.0 Å². The van der Waals surface area contributed by atoms with Crippen LogP contribution in [0.4, 0.5) is 0 Å². The van der Waals surface area contributed by atoms with Crippen LogP contribution >= 0.6 is 0 Å². The summed E-state index contributed by atoms with van der Waals surface area (Å²) in [5.74, 6) is 0. The molecule has 0 spiro atoms. The summed E-state index contributed by atoms with van der Waals surface area (Å²) in [6.07, 6.45) is 0. The molecule has 0 unspecified atom stereocenters. The molecule has 9 aromatic carbocycles. The van der Waals surface area contributed by atoms with E-state index in [-0.39, 0.29) is 16.7 Å². The Kier molecular flexibility index (Phi) is 3.54. The van der Waals surface area contributed by atoms with Gasteiger partial charge in [0.05, 0.1) is 23.3 Å². The molecule has 0 atom stereocenters. The second kappa shape index (κ2) is 11.1. The SMILES string of the molecule is [2H]c1c([2H])c([2H])c(-c2c3c([2H])c([2H])c([2H])c([2H])c3c(-c3c([2H])c([2H])c([2H])c(-c4cccc5c4oc4cccc(-c6ccc7ccccc7c6)c45)c3[2H])c3c([2H])c([2H])c([2H])c([2H])c23)c([2H])c1[2H]. The van der Waals surface area contributed by atoms with Crippen molar-refractivity contribution in [1.29, 1.82) is 0 Å². The Labute approximate surface area is 308 Å². The standard InChI is InChI=1S/C48H30O/c1-2-14-32(15-3-1)45-39-19-6-8-21-41(39)46(42-22-9-7-20-40(42)45)36-18-10-17-34(30-36)38-24-11-25-43-47-37(23-12-26-44(47)49-48(38)43)35-28-27-31-13-4-5-16-33(31)29-35/h1-30H/i1D,2D,3D,6D,7D,8D,9D,10D,14D,15D,17D,18D,19D,20D,21D,22D,30D. The van der Waals surface area contributed by atoms with Gasteiger partial charge in [-0.1, -0.05) is 163 Å². The summed E-state index contributed by atoms with van der Waals surface area (Å²) in [5, 5.41) is 1.33. The molecule has 1 aromatic heterocycles. The molecule has 0 bridgehead atoms. The van der Waals surface area contributed by atoms with Crippen LogP contribution in [0.2, 0.25) is 0 Å². The van der Waals surface area contributed by atoms with Crippen molar-refractivity contribution in [2.45, 2.75) is 0 Å². The Morgan fingerprint density at radius 3 is 1.78 bits per heavy atom. The lowest BCUT2D eigenvalue weighted by Crippen LogP contribution is -1.91. The Balaban J connectivity index is 1.38. The molecule has 0 saturated carbocycles. The minimum absolute atomic E-state index is 0.158. The highest BCUT2D eigenvalue weighted by Crippen LogP contribution is 2.45. The third-order valence-electron chi connectivity index (χ3n) is 8.85. The largest absolute Gasteiger partial charge is 0.455 e. The van der Waals surface area contributed by atoms with Gasteiger partial charge in [0.1, 0.15) is 11.2 Å². The number of rotatable bonds is 4. The quantitative estimate of drug-likeness (QED) is 0.175. The molecule has 0 N–H and O–H groups in total. The first-order chi connectivity index (χ1) is 31.4. The Bertz CT molecular complexity index is 3750. The van der Waals surface area contributed by atoms with Gasteiger partial charge < -0.3 is 4.42 Å². The van der Waals surface area contributed by atoms with Gasteiger partial charge in [0.25, 0.3) is 0 Å². The van der Waals surface area contributed by atoms with Crippen LogP contribution in [0, 0.1) is 0 Å². The Morgan fingerprint density at radius 1 is 0.408 bits per heavy atom. The van der Waals surface area contributed by atoms with Crippen molar-refractivity contribution < 1.29 is 27.7 Å². The maximum absolute atomic E-state index is 9.94. The van der Waals surface area contributed by atoms with E-state index < -0.39 is 147 Å². The van der Waals surface area contributed by atoms with Crippen molar-refractivity contribution in [2.24, 2.45) is 0 Å². The third kappa shape index (κ3) is 4.40. The highest BCUT2D eigenvalue weighted by atomic mass is 16.3. The van der Waals surface area contributed by atoms with Crippen LogP contribution in [0.1, 0.15) is 23.3 Å². The smallest absolute Gasteiger partial charge is 0.143 e. The molecule has 0 fully saturated rings. The van der Waals surface area contributed by atoms with Gasteiger partial charge in [-0.05, 0) is 89.4 Å². The number of hydrogen-bond acceptors (Lipinski definition) is 1. The van der Waals surface area contributed by atoms with E-state index in [2.05, 4.69) is 6.07 Å². The molecule has 0 amide bonds. The van der Waals surface area contributed by atoms with Gasteiger partial charge in [-0.2, -0.15) is 0 Å². The molecule has 1 nitrogen and oxygen atoms in total. The third-order valence-corrected chi connectivity index (χ3v) is 8.85. The summed E-state index contributed by atoms with van der Waals surface area (Å²) < 4.78 is 160. The molecule has 10 rings (SSSR count). The lowest BCUT2D eigenvalue weighted by Gasteiger charge is -2.18. The molecule has 228 valence electrons. The molecular weight excluding hydrogens is 593 g/mol. The molecule has 0 radical (unpaired) electrons. The normalized spacial score (nSPS) is 16.5. The molecule has 0 aliphatic heterocycles. The fourth-order valence-corrected chi connectivity index (χ4v) is 6.75. The van der Waals surface area contributed by atoms with Gasteiger partial charge in [-0.25, -0.2) is 0 Å². The minimum atomic E-state index is -0.826. The second-order valence-corrected chi connectivity index (χ2v) is 11.5.